The number of fused-ring (bicyclic) bond motifs is 2. The Balaban J connectivity index is 1.26. The highest BCUT2D eigenvalue weighted by atomic mass is 16.5. The third kappa shape index (κ3) is 5.02. The summed E-state index contributed by atoms with van der Waals surface area (Å²) in [7, 11) is 0. The molecule has 3 aliphatic heterocycles. The summed E-state index contributed by atoms with van der Waals surface area (Å²) in [4.78, 5) is 43.6. The Morgan fingerprint density at radius 3 is 2.65 bits per heavy atom. The first kappa shape index (κ1) is 29.1. The van der Waals surface area contributed by atoms with E-state index >= 15 is 0 Å². The van der Waals surface area contributed by atoms with E-state index in [1.54, 1.807) is 33.8 Å². The van der Waals surface area contributed by atoms with Crippen LogP contribution in [0.5, 0.6) is 5.75 Å². The molecule has 0 saturated carbocycles. The van der Waals surface area contributed by atoms with Crippen LogP contribution in [-0.2, 0) is 25.8 Å². The number of amides is 3. The van der Waals surface area contributed by atoms with Crippen molar-refractivity contribution in [2.24, 2.45) is 11.8 Å². The van der Waals surface area contributed by atoms with Gasteiger partial charge in [-0.2, -0.15) is 0 Å². The van der Waals surface area contributed by atoms with Crippen molar-refractivity contribution >= 4 is 34.4 Å². The third-order valence-electron chi connectivity index (χ3n) is 9.12. The van der Waals surface area contributed by atoms with Crippen molar-refractivity contribution in [3.05, 3.63) is 48.5 Å². The maximum absolute atomic E-state index is 14.2. The Morgan fingerprint density at radius 1 is 1.09 bits per heavy atom. The lowest BCUT2D eigenvalue weighted by Crippen LogP contribution is -2.55. The number of aliphatic hydroxyl groups is 1. The van der Waals surface area contributed by atoms with E-state index in [-0.39, 0.29) is 31.0 Å². The first-order chi connectivity index (χ1) is 20.8. The zero-order valence-corrected chi connectivity index (χ0v) is 24.5. The maximum atomic E-state index is 14.2. The topological polar surface area (TPSA) is 148 Å². The minimum atomic E-state index is -1.13. The second-order valence-corrected chi connectivity index (χ2v) is 11.8. The Hall–Kier alpha value is -4.03. The Kier molecular flexibility index (Phi) is 7.82. The summed E-state index contributed by atoms with van der Waals surface area (Å²) in [6.45, 7) is 4.77. The molecule has 1 aromatic heterocycles. The molecular weight excluding hydrogens is 552 g/mol. The van der Waals surface area contributed by atoms with Crippen molar-refractivity contribution < 1.29 is 29.0 Å². The molecule has 2 unspecified atom stereocenters. The van der Waals surface area contributed by atoms with Gasteiger partial charge >= 0.3 is 0 Å². The van der Waals surface area contributed by atoms with Gasteiger partial charge in [-0.1, -0.05) is 17.3 Å². The van der Waals surface area contributed by atoms with Crippen LogP contribution in [0.15, 0.2) is 48.5 Å². The standard InChI is InChI=1S/C31H38N6O6/c1-3-42-21-13-11-20(12-14-21)33-27(39)24-25-29(41)36(17-7-4-8-18-38)26(31(25)16-15-30(24,2)43-31)28(40)32-19-37-23-10-6-5-9-22(23)34-35-37/h5-6,9-14,24-26,38H,3-4,7-8,15-19H2,1-2H3,(H,32,40)(H,33,39)/t24-,25-,26?,30+,31?/m0/s1. The Morgan fingerprint density at radius 2 is 1.88 bits per heavy atom. The summed E-state index contributed by atoms with van der Waals surface area (Å²) >= 11 is 0. The van der Waals surface area contributed by atoms with Gasteiger partial charge in [0.1, 0.15) is 29.6 Å². The van der Waals surface area contributed by atoms with Gasteiger partial charge < -0.3 is 30.1 Å². The number of ether oxygens (including phenoxy) is 2. The quantitative estimate of drug-likeness (QED) is 0.273. The van der Waals surface area contributed by atoms with Gasteiger partial charge in [-0.3, -0.25) is 14.4 Å². The number of likely N-dealkylation sites (tertiary alicyclic amines) is 1. The summed E-state index contributed by atoms with van der Waals surface area (Å²) < 4.78 is 13.8. The van der Waals surface area contributed by atoms with E-state index in [4.69, 9.17) is 9.47 Å². The van der Waals surface area contributed by atoms with Crippen molar-refractivity contribution in [1.29, 1.82) is 0 Å². The van der Waals surface area contributed by atoms with Crippen molar-refractivity contribution in [1.82, 2.24) is 25.2 Å². The number of nitrogens with zero attached hydrogens (tertiary/aromatic N) is 4. The van der Waals surface area contributed by atoms with Crippen LogP contribution in [0.25, 0.3) is 11.0 Å². The molecule has 0 aliphatic carbocycles. The fourth-order valence-corrected chi connectivity index (χ4v) is 7.24. The smallest absolute Gasteiger partial charge is 0.247 e. The van der Waals surface area contributed by atoms with Crippen LogP contribution in [0, 0.1) is 11.8 Å². The average Bonchev–Trinajstić information content (AvgIpc) is 3.71. The third-order valence-corrected chi connectivity index (χ3v) is 9.12. The van der Waals surface area contributed by atoms with Crippen molar-refractivity contribution in [3.8, 4) is 5.75 Å². The fourth-order valence-electron chi connectivity index (χ4n) is 7.24. The number of unbranched alkanes of at least 4 members (excludes halogenated alkanes) is 2. The van der Waals surface area contributed by atoms with Gasteiger partial charge in [0, 0.05) is 18.8 Å². The lowest BCUT2D eigenvalue weighted by Gasteiger charge is -2.33. The van der Waals surface area contributed by atoms with Gasteiger partial charge in [0.25, 0.3) is 0 Å². The lowest BCUT2D eigenvalue weighted by atomic mass is 9.66. The average molecular weight is 591 g/mol. The summed E-state index contributed by atoms with van der Waals surface area (Å²) in [5.74, 6) is -1.76. The molecule has 3 fully saturated rings. The van der Waals surface area contributed by atoms with Crippen LogP contribution in [0.2, 0.25) is 0 Å². The van der Waals surface area contributed by atoms with Crippen LogP contribution < -0.4 is 15.4 Å². The maximum Gasteiger partial charge on any atom is 0.247 e. The molecule has 5 atom stereocenters. The second kappa shape index (κ2) is 11.6. The van der Waals surface area contributed by atoms with Gasteiger partial charge in [-0.25, -0.2) is 4.68 Å². The van der Waals surface area contributed by atoms with Crippen LogP contribution >= 0.6 is 0 Å². The molecule has 2 bridgehead atoms. The fraction of sp³-hybridized carbons (Fsp3) is 0.516. The molecule has 3 saturated heterocycles. The van der Waals surface area contributed by atoms with Crippen LogP contribution in [0.3, 0.4) is 0 Å². The molecule has 2 aromatic carbocycles. The first-order valence-electron chi connectivity index (χ1n) is 15.0. The predicted octanol–water partition coefficient (Wildman–Crippen LogP) is 2.47. The number of carbonyl (C=O) groups is 3. The summed E-state index contributed by atoms with van der Waals surface area (Å²) in [6, 6.07) is 13.7. The Bertz CT molecular complexity index is 1510. The minimum Gasteiger partial charge on any atom is -0.494 e. The number of hydrogen-bond acceptors (Lipinski definition) is 8. The van der Waals surface area contributed by atoms with Crippen molar-refractivity contribution in [3.63, 3.8) is 0 Å². The molecule has 3 aromatic rings. The van der Waals surface area contributed by atoms with E-state index in [0.717, 1.165) is 5.52 Å². The monoisotopic (exact) mass is 590 g/mol. The van der Waals surface area contributed by atoms with E-state index in [1.165, 1.54) is 0 Å². The number of aliphatic hydroxyl groups excluding tert-OH is 1. The van der Waals surface area contributed by atoms with Gasteiger partial charge in [-0.15, -0.1) is 5.10 Å². The molecule has 4 heterocycles. The highest BCUT2D eigenvalue weighted by molar-refractivity contribution is 6.02. The normalized spacial score (nSPS) is 27.5. The number of aromatic nitrogens is 3. The highest BCUT2D eigenvalue weighted by Gasteiger charge is 2.77. The summed E-state index contributed by atoms with van der Waals surface area (Å²) in [6.07, 6.45) is 2.97. The molecule has 43 heavy (non-hydrogen) atoms. The minimum absolute atomic E-state index is 0.0611. The highest BCUT2D eigenvalue weighted by Crippen LogP contribution is 2.63. The molecule has 0 radical (unpaired) electrons. The lowest BCUT2D eigenvalue weighted by molar-refractivity contribution is -0.145. The van der Waals surface area contributed by atoms with Crippen LogP contribution in [-0.4, -0.2) is 79.7 Å². The number of nitrogens with one attached hydrogen (secondary N) is 2. The molecule has 6 rings (SSSR count). The number of para-hydroxylation sites is 1. The van der Waals surface area contributed by atoms with E-state index in [2.05, 4.69) is 20.9 Å². The molecule has 228 valence electrons. The zero-order chi connectivity index (χ0) is 30.2. The molecule has 1 spiro atoms. The number of rotatable bonds is 12. The molecule has 12 nitrogen and oxygen atoms in total. The number of anilines is 1. The molecular formula is C31H38N6O6. The summed E-state index contributed by atoms with van der Waals surface area (Å²) in [5.41, 5.74) is 0.0645. The number of benzene rings is 2. The van der Waals surface area contributed by atoms with Crippen LogP contribution in [0.1, 0.15) is 46.0 Å². The largest absolute Gasteiger partial charge is 0.494 e. The SMILES string of the molecule is CCOc1ccc(NC(=O)[C@@H]2[C@H]3C(=O)N(CCCCCO)C(C(=O)NCn4nnc5ccccc54)C34CC[C@@]2(C)O4)cc1. The predicted molar refractivity (Wildman–Crippen MR) is 157 cm³/mol. The molecule has 12 heteroatoms. The van der Waals surface area contributed by atoms with E-state index in [0.29, 0.717) is 62.2 Å². The van der Waals surface area contributed by atoms with Gasteiger partial charge in [0.05, 0.1) is 29.6 Å². The zero-order valence-electron chi connectivity index (χ0n) is 24.5. The van der Waals surface area contributed by atoms with Crippen molar-refractivity contribution in [2.45, 2.75) is 69.9 Å². The molecule has 3 amide bonds. The van der Waals surface area contributed by atoms with Gasteiger partial charge in [0.15, 0.2) is 0 Å². The van der Waals surface area contributed by atoms with Gasteiger partial charge in [0.2, 0.25) is 17.7 Å². The van der Waals surface area contributed by atoms with E-state index in [1.807, 2.05) is 38.1 Å². The van der Waals surface area contributed by atoms with Crippen molar-refractivity contribution in [2.75, 3.05) is 25.1 Å². The van der Waals surface area contributed by atoms with Crippen LogP contribution in [0.4, 0.5) is 5.69 Å². The summed E-state index contributed by atoms with van der Waals surface area (Å²) in [5, 5.41) is 23.5. The number of hydrogen-bond donors (Lipinski definition) is 3. The van der Waals surface area contributed by atoms with E-state index < -0.39 is 29.1 Å². The molecule has 3 aliphatic rings. The second-order valence-electron chi connectivity index (χ2n) is 11.8. The van der Waals surface area contributed by atoms with Gasteiger partial charge in [-0.05, 0) is 82.3 Å². The number of carbonyl (C=O) groups excluding carboxylic acids is 3. The van der Waals surface area contributed by atoms with E-state index in [9.17, 15) is 19.5 Å². The first-order valence-corrected chi connectivity index (χ1v) is 15.0. The molecule has 3 N–H and O–H groups in total. The Labute approximate surface area is 249 Å².